The molecule has 0 heterocycles. The summed E-state index contributed by atoms with van der Waals surface area (Å²) in [5.41, 5.74) is 0.518. The molecule has 1 rings (SSSR count). The molecular weight excluding hydrogens is 259 g/mol. The first-order valence-corrected chi connectivity index (χ1v) is 7.24. The van der Waals surface area contributed by atoms with Crippen LogP contribution in [0, 0.1) is 15.9 Å². The van der Waals surface area contributed by atoms with Gasteiger partial charge in [-0.2, -0.15) is 0 Å². The molecule has 5 heteroatoms. The van der Waals surface area contributed by atoms with Crippen LogP contribution in [-0.4, -0.2) is 17.5 Å². The van der Waals surface area contributed by atoms with Crippen LogP contribution in [0.3, 0.4) is 0 Å². The van der Waals surface area contributed by atoms with Crippen molar-refractivity contribution < 1.29 is 9.31 Å². The van der Waals surface area contributed by atoms with Gasteiger partial charge in [-0.3, -0.25) is 10.1 Å². The summed E-state index contributed by atoms with van der Waals surface area (Å²) < 4.78 is 13.3. The summed E-state index contributed by atoms with van der Waals surface area (Å²) >= 11 is 0. The third-order valence-corrected chi connectivity index (χ3v) is 3.25. The number of nitrogens with one attached hydrogen (secondary N) is 1. The molecule has 1 atom stereocenters. The number of non-ortho nitro benzene ring substituents is 1. The minimum absolute atomic E-state index is 0.173. The lowest BCUT2D eigenvalue weighted by Crippen LogP contribution is -2.30. The van der Waals surface area contributed by atoms with Gasteiger partial charge in [-0.15, -0.1) is 0 Å². The Hall–Kier alpha value is -1.49. The fraction of sp³-hybridized carbons (Fsp3) is 0.600. The average molecular weight is 282 g/mol. The van der Waals surface area contributed by atoms with Crippen molar-refractivity contribution in [1.29, 1.82) is 0 Å². The number of nitro groups is 1. The Balaban J connectivity index is 2.64. The van der Waals surface area contributed by atoms with Crippen LogP contribution in [0.5, 0.6) is 0 Å². The van der Waals surface area contributed by atoms with E-state index in [0.29, 0.717) is 18.0 Å². The van der Waals surface area contributed by atoms with E-state index in [9.17, 15) is 14.5 Å². The minimum Gasteiger partial charge on any atom is -0.314 e. The molecule has 0 saturated carbocycles. The van der Waals surface area contributed by atoms with Crippen LogP contribution in [-0.2, 0) is 6.42 Å². The minimum atomic E-state index is -0.550. The Kier molecular flexibility index (Phi) is 7.15. The van der Waals surface area contributed by atoms with Crippen LogP contribution in [0.2, 0.25) is 0 Å². The van der Waals surface area contributed by atoms with Crippen molar-refractivity contribution >= 4 is 5.69 Å². The van der Waals surface area contributed by atoms with Crippen LogP contribution >= 0.6 is 0 Å². The maximum Gasteiger partial charge on any atom is 0.272 e. The Bertz CT molecular complexity index is 438. The molecule has 1 N–H and O–H groups in total. The first-order valence-electron chi connectivity index (χ1n) is 7.24. The second-order valence-corrected chi connectivity index (χ2v) is 5.05. The highest BCUT2D eigenvalue weighted by Gasteiger charge is 2.12. The van der Waals surface area contributed by atoms with Gasteiger partial charge in [0, 0.05) is 12.1 Å². The van der Waals surface area contributed by atoms with E-state index in [2.05, 4.69) is 19.2 Å². The molecule has 0 amide bonds. The number of benzene rings is 1. The molecule has 0 aliphatic carbocycles. The van der Waals surface area contributed by atoms with Gasteiger partial charge in [-0.05, 0) is 43.9 Å². The Labute approximate surface area is 119 Å². The van der Waals surface area contributed by atoms with Crippen molar-refractivity contribution in [3.8, 4) is 0 Å². The van der Waals surface area contributed by atoms with Crippen LogP contribution in [0.1, 0.15) is 45.1 Å². The Morgan fingerprint density at radius 3 is 2.60 bits per heavy atom. The van der Waals surface area contributed by atoms with Gasteiger partial charge in [0.2, 0.25) is 0 Å². The third-order valence-electron chi connectivity index (χ3n) is 3.25. The predicted molar refractivity (Wildman–Crippen MR) is 78.4 cm³/mol. The fourth-order valence-corrected chi connectivity index (χ4v) is 2.27. The van der Waals surface area contributed by atoms with E-state index >= 15 is 0 Å². The lowest BCUT2D eigenvalue weighted by Gasteiger charge is -2.17. The van der Waals surface area contributed by atoms with Crippen LogP contribution < -0.4 is 5.32 Å². The van der Waals surface area contributed by atoms with E-state index in [0.717, 1.165) is 38.3 Å². The topological polar surface area (TPSA) is 55.2 Å². The van der Waals surface area contributed by atoms with Crippen molar-refractivity contribution in [2.75, 3.05) is 6.54 Å². The SMILES string of the molecule is CCCNC(CCC)CCc1cc(F)cc([N+](=O)[O-])c1. The second-order valence-electron chi connectivity index (χ2n) is 5.05. The molecule has 112 valence electrons. The Morgan fingerprint density at radius 1 is 1.25 bits per heavy atom. The van der Waals surface area contributed by atoms with Gasteiger partial charge in [-0.1, -0.05) is 20.3 Å². The van der Waals surface area contributed by atoms with Crippen molar-refractivity contribution in [2.24, 2.45) is 0 Å². The number of nitro benzene ring substituents is 1. The largest absolute Gasteiger partial charge is 0.314 e. The zero-order valence-electron chi connectivity index (χ0n) is 12.2. The molecule has 1 aromatic carbocycles. The summed E-state index contributed by atoms with van der Waals surface area (Å²) in [7, 11) is 0. The molecule has 0 bridgehead atoms. The summed E-state index contributed by atoms with van der Waals surface area (Å²) in [5, 5.41) is 14.2. The summed E-state index contributed by atoms with van der Waals surface area (Å²) in [6.07, 6.45) is 4.75. The quantitative estimate of drug-likeness (QED) is 0.553. The Morgan fingerprint density at radius 2 is 2.00 bits per heavy atom. The van der Waals surface area contributed by atoms with Crippen molar-refractivity contribution in [1.82, 2.24) is 5.32 Å². The number of nitrogens with zero attached hydrogens (tertiary/aromatic N) is 1. The molecular formula is C15H23FN2O2. The van der Waals surface area contributed by atoms with E-state index in [1.54, 1.807) is 0 Å². The number of aryl methyl sites for hydroxylation is 1. The highest BCUT2D eigenvalue weighted by atomic mass is 19.1. The summed E-state index contributed by atoms with van der Waals surface area (Å²) in [6.45, 7) is 5.22. The van der Waals surface area contributed by atoms with Gasteiger partial charge >= 0.3 is 0 Å². The highest BCUT2D eigenvalue weighted by molar-refractivity contribution is 5.35. The van der Waals surface area contributed by atoms with Gasteiger partial charge in [0.1, 0.15) is 5.82 Å². The maximum absolute atomic E-state index is 13.3. The number of rotatable bonds is 9. The van der Waals surface area contributed by atoms with Gasteiger partial charge in [0.25, 0.3) is 5.69 Å². The third kappa shape index (κ3) is 5.65. The molecule has 4 nitrogen and oxygen atoms in total. The second kappa shape index (κ2) is 8.64. The number of hydrogen-bond acceptors (Lipinski definition) is 3. The number of halogens is 1. The van der Waals surface area contributed by atoms with Gasteiger partial charge in [0.15, 0.2) is 0 Å². The smallest absolute Gasteiger partial charge is 0.272 e. The summed E-state index contributed by atoms with van der Waals surface area (Å²) in [4.78, 5) is 10.2. The molecule has 0 aromatic heterocycles. The van der Waals surface area contributed by atoms with Crippen LogP contribution in [0.15, 0.2) is 18.2 Å². The molecule has 0 saturated heterocycles. The van der Waals surface area contributed by atoms with Crippen LogP contribution in [0.4, 0.5) is 10.1 Å². The van der Waals surface area contributed by atoms with Crippen molar-refractivity contribution in [3.63, 3.8) is 0 Å². The zero-order valence-corrected chi connectivity index (χ0v) is 12.2. The highest BCUT2D eigenvalue weighted by Crippen LogP contribution is 2.18. The molecule has 0 radical (unpaired) electrons. The van der Waals surface area contributed by atoms with Gasteiger partial charge < -0.3 is 5.32 Å². The van der Waals surface area contributed by atoms with E-state index in [1.165, 1.54) is 12.1 Å². The fourth-order valence-electron chi connectivity index (χ4n) is 2.27. The molecule has 0 aliphatic rings. The van der Waals surface area contributed by atoms with Gasteiger partial charge in [-0.25, -0.2) is 4.39 Å². The van der Waals surface area contributed by atoms with Crippen LogP contribution in [0.25, 0.3) is 0 Å². The summed E-state index contributed by atoms with van der Waals surface area (Å²) in [5.74, 6) is -0.539. The molecule has 0 fully saturated rings. The lowest BCUT2D eigenvalue weighted by atomic mass is 10.0. The first-order chi connectivity index (χ1) is 9.56. The monoisotopic (exact) mass is 282 g/mol. The standard InChI is InChI=1S/C15H23FN2O2/c1-3-5-14(17-8-4-2)7-6-12-9-13(16)11-15(10-12)18(19)20/h9-11,14,17H,3-8H2,1-2H3. The lowest BCUT2D eigenvalue weighted by molar-refractivity contribution is -0.385. The van der Waals surface area contributed by atoms with Crippen molar-refractivity contribution in [3.05, 3.63) is 39.7 Å². The van der Waals surface area contributed by atoms with E-state index in [4.69, 9.17) is 0 Å². The molecule has 1 aromatic rings. The molecule has 0 aliphatic heterocycles. The summed E-state index contributed by atoms with van der Waals surface area (Å²) in [6, 6.07) is 4.20. The molecule has 20 heavy (non-hydrogen) atoms. The zero-order chi connectivity index (χ0) is 15.0. The predicted octanol–water partition coefficient (Wildman–Crippen LogP) is 3.83. The number of hydrogen-bond donors (Lipinski definition) is 1. The van der Waals surface area contributed by atoms with Crippen molar-refractivity contribution in [2.45, 2.75) is 52.0 Å². The normalized spacial score (nSPS) is 12.3. The molecule has 0 spiro atoms. The van der Waals surface area contributed by atoms with E-state index in [-0.39, 0.29) is 5.69 Å². The molecule has 1 unspecified atom stereocenters. The van der Waals surface area contributed by atoms with E-state index < -0.39 is 10.7 Å². The first kappa shape index (κ1) is 16.6. The van der Waals surface area contributed by atoms with Gasteiger partial charge in [0.05, 0.1) is 11.0 Å². The average Bonchev–Trinajstić information content (AvgIpc) is 2.41. The van der Waals surface area contributed by atoms with E-state index in [1.807, 2.05) is 0 Å². The maximum atomic E-state index is 13.3.